The summed E-state index contributed by atoms with van der Waals surface area (Å²) in [5, 5.41) is 2.69. The molecule has 12 nitrogen and oxygen atoms in total. The second kappa shape index (κ2) is 13.8. The summed E-state index contributed by atoms with van der Waals surface area (Å²) in [7, 11) is 1.29. The Balaban J connectivity index is 1.10. The highest BCUT2D eigenvalue weighted by Gasteiger charge is 2.37. The van der Waals surface area contributed by atoms with Crippen molar-refractivity contribution in [1.29, 1.82) is 0 Å². The Morgan fingerprint density at radius 3 is 2.15 bits per heavy atom. The molecule has 0 saturated carbocycles. The molecule has 2 aromatic heterocycles. The van der Waals surface area contributed by atoms with Crippen molar-refractivity contribution in [3.8, 4) is 33.6 Å². The van der Waals surface area contributed by atoms with Gasteiger partial charge in [0.15, 0.2) is 0 Å². The molecule has 0 radical (unpaired) electrons. The van der Waals surface area contributed by atoms with Crippen LogP contribution >= 0.6 is 0 Å². The maximum Gasteiger partial charge on any atom is 0.407 e. The number of hydrogen-bond donors (Lipinski definition) is 4. The number of aromatic amines is 2. The van der Waals surface area contributed by atoms with Crippen molar-refractivity contribution in [3.63, 3.8) is 0 Å². The second-order valence-electron chi connectivity index (χ2n) is 12.6. The number of methoxy groups -OCH3 is 1. The maximum atomic E-state index is 13.5. The lowest BCUT2D eigenvalue weighted by Gasteiger charge is -2.30. The Bertz CT molecular complexity index is 1710. The third-order valence-electron chi connectivity index (χ3n) is 9.10. The third kappa shape index (κ3) is 6.92. The first-order chi connectivity index (χ1) is 22.7. The lowest BCUT2D eigenvalue weighted by atomic mass is 10.0. The Morgan fingerprint density at radius 1 is 0.915 bits per heavy atom. The minimum atomic E-state index is -0.674. The van der Waals surface area contributed by atoms with Gasteiger partial charge in [-0.15, -0.1) is 0 Å². The molecule has 5 N–H and O–H groups in total. The van der Waals surface area contributed by atoms with E-state index in [1.54, 1.807) is 17.3 Å². The van der Waals surface area contributed by atoms with Gasteiger partial charge in [0.1, 0.15) is 17.7 Å². The summed E-state index contributed by atoms with van der Waals surface area (Å²) < 4.78 is 4.74. The van der Waals surface area contributed by atoms with E-state index in [1.807, 2.05) is 18.7 Å². The predicted octanol–water partition coefficient (Wildman–Crippen LogP) is 4.63. The number of benzene rings is 2. The van der Waals surface area contributed by atoms with Crippen LogP contribution in [0.2, 0.25) is 0 Å². The maximum absolute atomic E-state index is 13.5. The predicted molar refractivity (Wildman–Crippen MR) is 178 cm³/mol. The summed E-state index contributed by atoms with van der Waals surface area (Å²) in [6.07, 6.45) is 6.29. The number of aromatic nitrogens is 4. The monoisotopic (exact) mass is 638 g/mol. The molecule has 0 aliphatic carbocycles. The van der Waals surface area contributed by atoms with Crippen LogP contribution in [-0.2, 0) is 20.9 Å². The van der Waals surface area contributed by atoms with E-state index in [0.29, 0.717) is 19.6 Å². The zero-order valence-corrected chi connectivity index (χ0v) is 27.0. The van der Waals surface area contributed by atoms with Crippen LogP contribution in [0.4, 0.5) is 4.79 Å². The number of piperidine rings is 1. The van der Waals surface area contributed by atoms with Gasteiger partial charge in [0.25, 0.3) is 0 Å². The van der Waals surface area contributed by atoms with Gasteiger partial charge in [-0.1, -0.05) is 62.4 Å². The van der Waals surface area contributed by atoms with Crippen LogP contribution in [-0.4, -0.2) is 79.9 Å². The molecule has 3 atom stereocenters. The summed E-state index contributed by atoms with van der Waals surface area (Å²) in [5.74, 6) is 1.24. The fraction of sp³-hybridized carbons (Fsp3) is 0.400. The average Bonchev–Trinajstić information content (AvgIpc) is 3.87. The van der Waals surface area contributed by atoms with Gasteiger partial charge in [0.2, 0.25) is 11.8 Å². The van der Waals surface area contributed by atoms with Gasteiger partial charge in [-0.25, -0.2) is 14.8 Å². The van der Waals surface area contributed by atoms with Crippen LogP contribution in [0.5, 0.6) is 0 Å². The summed E-state index contributed by atoms with van der Waals surface area (Å²) in [5.41, 5.74) is 11.9. The quantitative estimate of drug-likeness (QED) is 0.208. The van der Waals surface area contributed by atoms with Crippen molar-refractivity contribution in [1.82, 2.24) is 35.1 Å². The number of nitrogens with two attached hydrogens (primary N) is 1. The molecule has 2 aromatic carbocycles. The number of hydrogen-bond acceptors (Lipinski definition) is 7. The van der Waals surface area contributed by atoms with Crippen molar-refractivity contribution in [2.75, 3.05) is 20.2 Å². The minimum Gasteiger partial charge on any atom is -0.453 e. The number of likely N-dealkylation sites (tertiary alicyclic amines) is 2. The van der Waals surface area contributed by atoms with E-state index in [-0.39, 0.29) is 23.8 Å². The highest BCUT2D eigenvalue weighted by molar-refractivity contribution is 5.86. The van der Waals surface area contributed by atoms with Crippen LogP contribution in [0.1, 0.15) is 57.2 Å². The van der Waals surface area contributed by atoms with E-state index in [2.05, 4.69) is 73.8 Å². The van der Waals surface area contributed by atoms with Crippen LogP contribution in [0, 0.1) is 5.92 Å². The average molecular weight is 639 g/mol. The van der Waals surface area contributed by atoms with E-state index in [1.165, 1.54) is 7.11 Å². The van der Waals surface area contributed by atoms with Gasteiger partial charge >= 0.3 is 6.09 Å². The molecule has 3 unspecified atom stereocenters. The van der Waals surface area contributed by atoms with Gasteiger partial charge in [-0.05, 0) is 53.9 Å². The number of alkyl carbamates (subject to hydrolysis) is 1. The zero-order chi connectivity index (χ0) is 33.1. The summed E-state index contributed by atoms with van der Waals surface area (Å²) in [4.78, 5) is 57.2. The van der Waals surface area contributed by atoms with Crippen molar-refractivity contribution < 1.29 is 19.1 Å². The molecule has 47 heavy (non-hydrogen) atoms. The number of ether oxygens (including phenoxy) is 1. The highest BCUT2D eigenvalue weighted by Crippen LogP contribution is 2.33. The zero-order valence-electron chi connectivity index (χ0n) is 27.0. The lowest BCUT2D eigenvalue weighted by Crippen LogP contribution is -2.51. The molecule has 3 amide bonds. The normalized spacial score (nSPS) is 18.9. The number of carbonyl (C=O) groups is 3. The van der Waals surface area contributed by atoms with E-state index in [0.717, 1.165) is 71.0 Å². The minimum absolute atomic E-state index is 0.0175. The first kappa shape index (κ1) is 32.0. The first-order valence-corrected chi connectivity index (χ1v) is 16.2. The Kier molecular flexibility index (Phi) is 9.39. The molecule has 4 heterocycles. The van der Waals surface area contributed by atoms with Crippen molar-refractivity contribution in [2.45, 2.75) is 64.2 Å². The van der Waals surface area contributed by atoms with Crippen LogP contribution in [0.3, 0.4) is 0 Å². The topological polar surface area (TPSA) is 162 Å². The number of amides is 3. The van der Waals surface area contributed by atoms with Gasteiger partial charge in [-0.2, -0.15) is 0 Å². The largest absolute Gasteiger partial charge is 0.453 e. The smallest absolute Gasteiger partial charge is 0.407 e. The lowest BCUT2D eigenvalue weighted by molar-refractivity contribution is -0.136. The number of H-pyrrole nitrogens is 2. The van der Waals surface area contributed by atoms with Gasteiger partial charge in [0, 0.05) is 13.1 Å². The van der Waals surface area contributed by atoms with E-state index in [9.17, 15) is 14.4 Å². The number of nitrogens with zero attached hydrogens (tertiary/aromatic N) is 4. The molecule has 2 saturated heterocycles. The molecule has 2 fully saturated rings. The third-order valence-corrected chi connectivity index (χ3v) is 9.10. The number of rotatable bonds is 9. The van der Waals surface area contributed by atoms with E-state index in [4.69, 9.17) is 10.5 Å². The molecule has 2 aliphatic heterocycles. The molecule has 2 aliphatic rings. The van der Waals surface area contributed by atoms with Gasteiger partial charge < -0.3 is 35.6 Å². The number of imidazole rings is 2. The molecule has 12 heteroatoms. The molecular formula is C35H42N8O4. The fourth-order valence-electron chi connectivity index (χ4n) is 6.43. The molecule has 6 rings (SSSR count). The van der Waals surface area contributed by atoms with Crippen molar-refractivity contribution in [2.24, 2.45) is 11.7 Å². The van der Waals surface area contributed by atoms with Crippen LogP contribution in [0.15, 0.2) is 60.9 Å². The standard InChI is InChI=1S/C35H42N8O4/c1-21(2)31(41-35(46)47-3)34(45)43-17-5-7-29(43)32-38-19-28(40-32)25-14-10-23(11-15-25)22-8-12-24(13-9-22)27-18-37-30(39-27)20-42-16-4-6-26(36)33(42)44/h8-15,18-19,21,26,29,31H,4-7,16-17,20,36H2,1-3H3,(H,37,39)(H,38,40)(H,41,46). The molecule has 0 bridgehead atoms. The summed E-state index contributed by atoms with van der Waals surface area (Å²) in [6.45, 7) is 5.55. The molecule has 246 valence electrons. The molecule has 0 spiro atoms. The Morgan fingerprint density at radius 2 is 1.51 bits per heavy atom. The van der Waals surface area contributed by atoms with Crippen LogP contribution in [0.25, 0.3) is 33.6 Å². The van der Waals surface area contributed by atoms with E-state index >= 15 is 0 Å². The molecular weight excluding hydrogens is 596 g/mol. The SMILES string of the molecule is COC(=O)NC(C(=O)N1CCCC1c1ncc(-c2ccc(-c3ccc(-c4cnc(CN5CCCC(N)C5=O)[nH]4)cc3)cc2)[nH]1)C(C)C. The second-order valence-corrected chi connectivity index (χ2v) is 12.6. The highest BCUT2D eigenvalue weighted by atomic mass is 16.5. The number of carbonyl (C=O) groups excluding carboxylic acids is 3. The Hall–Kier alpha value is -4.97. The molecule has 4 aromatic rings. The first-order valence-electron chi connectivity index (χ1n) is 16.2. The van der Waals surface area contributed by atoms with E-state index < -0.39 is 18.2 Å². The number of nitrogens with one attached hydrogen (secondary N) is 3. The van der Waals surface area contributed by atoms with Gasteiger partial charge in [-0.3, -0.25) is 9.59 Å². The summed E-state index contributed by atoms with van der Waals surface area (Å²) in [6, 6.07) is 15.3. The van der Waals surface area contributed by atoms with Crippen LogP contribution < -0.4 is 11.1 Å². The fourth-order valence-corrected chi connectivity index (χ4v) is 6.43. The Labute approximate surface area is 274 Å². The van der Waals surface area contributed by atoms with Crippen molar-refractivity contribution >= 4 is 17.9 Å². The summed E-state index contributed by atoms with van der Waals surface area (Å²) >= 11 is 0. The van der Waals surface area contributed by atoms with Gasteiger partial charge in [0.05, 0.1) is 49.5 Å². The van der Waals surface area contributed by atoms with Crippen molar-refractivity contribution in [3.05, 3.63) is 72.6 Å².